The van der Waals surface area contributed by atoms with Gasteiger partial charge in [-0.2, -0.15) is 0 Å². The molecule has 0 aliphatic heterocycles. The first-order valence-corrected chi connectivity index (χ1v) is 14.9. The van der Waals surface area contributed by atoms with Gasteiger partial charge in [-0.3, -0.25) is 14.4 Å². The van der Waals surface area contributed by atoms with Crippen molar-refractivity contribution in [2.24, 2.45) is 11.3 Å². The van der Waals surface area contributed by atoms with Crippen molar-refractivity contribution in [3.63, 3.8) is 0 Å². The fourth-order valence-corrected chi connectivity index (χ4v) is 4.34. The SMILES string of the molecule is C=CCCCC(=O)OC[C@@H](NC(=O)[C@@H](CC=C)CC(=O)N[C@H](CO)Cc1ccc(OCc2ccccc2)cc1)C(C)(C)C. The molecule has 0 bridgehead atoms. The van der Waals surface area contributed by atoms with Crippen LogP contribution < -0.4 is 15.4 Å². The zero-order chi connectivity index (χ0) is 31.7. The van der Waals surface area contributed by atoms with Crippen LogP contribution >= 0.6 is 0 Å². The first-order valence-electron chi connectivity index (χ1n) is 14.9. The summed E-state index contributed by atoms with van der Waals surface area (Å²) in [5.74, 6) is -0.913. The summed E-state index contributed by atoms with van der Waals surface area (Å²) in [6, 6.07) is 16.5. The van der Waals surface area contributed by atoms with Gasteiger partial charge in [-0.15, -0.1) is 13.2 Å². The standard InChI is InChI=1S/C35H48N2O6/c1-6-8-10-16-33(40)43-25-31(35(3,4)5)37-34(41)28(13-7-2)22-32(39)36-29(23-38)21-26-17-19-30(20-18-26)42-24-27-14-11-9-12-15-27/h6-7,9,11-12,14-15,17-20,28-29,31,38H,1-2,8,10,13,16,21-25H2,3-5H3,(H,36,39)(H,37,41)/t28-,29-,31+/m0/s1. The molecule has 0 unspecified atom stereocenters. The van der Waals surface area contributed by atoms with E-state index in [0.717, 1.165) is 23.3 Å². The second kappa shape index (κ2) is 18.6. The van der Waals surface area contributed by atoms with Crippen LogP contribution in [0.2, 0.25) is 0 Å². The van der Waals surface area contributed by atoms with Crippen LogP contribution in [0, 0.1) is 11.3 Å². The summed E-state index contributed by atoms with van der Waals surface area (Å²) < 4.78 is 11.3. The highest BCUT2D eigenvalue weighted by atomic mass is 16.5. The van der Waals surface area contributed by atoms with Gasteiger partial charge in [0.15, 0.2) is 0 Å². The topological polar surface area (TPSA) is 114 Å². The van der Waals surface area contributed by atoms with Crippen LogP contribution in [0.25, 0.3) is 0 Å². The van der Waals surface area contributed by atoms with Crippen LogP contribution in [0.15, 0.2) is 79.9 Å². The molecular formula is C35H48N2O6. The molecule has 8 heteroatoms. The molecule has 43 heavy (non-hydrogen) atoms. The molecular weight excluding hydrogens is 544 g/mol. The zero-order valence-corrected chi connectivity index (χ0v) is 25.8. The van der Waals surface area contributed by atoms with Crippen molar-refractivity contribution in [1.29, 1.82) is 0 Å². The molecule has 0 saturated heterocycles. The monoisotopic (exact) mass is 592 g/mol. The Balaban J connectivity index is 1.91. The Bertz CT molecular complexity index is 1160. The molecule has 0 spiro atoms. The van der Waals surface area contributed by atoms with E-state index in [4.69, 9.17) is 9.47 Å². The summed E-state index contributed by atoms with van der Waals surface area (Å²) in [7, 11) is 0. The quantitative estimate of drug-likeness (QED) is 0.116. The zero-order valence-electron chi connectivity index (χ0n) is 25.8. The number of esters is 1. The molecule has 0 fully saturated rings. The number of hydrogen-bond acceptors (Lipinski definition) is 6. The van der Waals surface area contributed by atoms with Gasteiger partial charge >= 0.3 is 5.97 Å². The molecule has 3 N–H and O–H groups in total. The lowest BCUT2D eigenvalue weighted by Crippen LogP contribution is -2.50. The van der Waals surface area contributed by atoms with Crippen LogP contribution in [0.1, 0.15) is 64.0 Å². The number of allylic oxidation sites excluding steroid dienone is 2. The maximum absolute atomic E-state index is 13.3. The minimum Gasteiger partial charge on any atom is -0.489 e. The summed E-state index contributed by atoms with van der Waals surface area (Å²) in [5, 5.41) is 15.8. The number of ether oxygens (including phenoxy) is 2. The van der Waals surface area contributed by atoms with Gasteiger partial charge in [0, 0.05) is 12.8 Å². The lowest BCUT2D eigenvalue weighted by molar-refractivity contribution is -0.146. The molecule has 2 rings (SSSR count). The number of nitrogens with one attached hydrogen (secondary N) is 2. The summed E-state index contributed by atoms with van der Waals surface area (Å²) in [6.45, 7) is 13.5. The highest BCUT2D eigenvalue weighted by Gasteiger charge is 2.31. The first-order chi connectivity index (χ1) is 20.5. The fraction of sp³-hybridized carbons (Fsp3) is 0.457. The Kier molecular flexibility index (Phi) is 15.3. The molecule has 0 saturated carbocycles. The molecule has 2 aromatic rings. The van der Waals surface area contributed by atoms with Crippen LogP contribution in [-0.4, -0.2) is 48.2 Å². The molecule has 2 aromatic carbocycles. The van der Waals surface area contributed by atoms with Gasteiger partial charge in [-0.1, -0.05) is 75.4 Å². The minimum atomic E-state index is -0.661. The number of amides is 2. The van der Waals surface area contributed by atoms with Crippen molar-refractivity contribution in [3.8, 4) is 5.75 Å². The average Bonchev–Trinajstić information content (AvgIpc) is 2.98. The van der Waals surface area contributed by atoms with Crippen molar-refractivity contribution in [2.45, 2.75) is 78.0 Å². The van der Waals surface area contributed by atoms with E-state index >= 15 is 0 Å². The molecule has 8 nitrogen and oxygen atoms in total. The maximum atomic E-state index is 13.3. The van der Waals surface area contributed by atoms with Crippen molar-refractivity contribution in [3.05, 3.63) is 91.0 Å². The van der Waals surface area contributed by atoms with Crippen molar-refractivity contribution in [2.75, 3.05) is 13.2 Å². The Morgan fingerprint density at radius 1 is 0.953 bits per heavy atom. The fourth-order valence-electron chi connectivity index (χ4n) is 4.34. The number of aliphatic hydroxyl groups excluding tert-OH is 1. The highest BCUT2D eigenvalue weighted by molar-refractivity contribution is 5.86. The van der Waals surface area contributed by atoms with Gasteiger partial charge in [0.2, 0.25) is 11.8 Å². The molecule has 0 aliphatic carbocycles. The Labute approximate surface area is 256 Å². The number of benzene rings is 2. The lowest BCUT2D eigenvalue weighted by atomic mass is 9.86. The largest absolute Gasteiger partial charge is 0.489 e. The lowest BCUT2D eigenvalue weighted by Gasteiger charge is -2.32. The average molecular weight is 593 g/mol. The first kappa shape index (κ1) is 35.3. The highest BCUT2D eigenvalue weighted by Crippen LogP contribution is 2.22. The molecule has 0 radical (unpaired) electrons. The van der Waals surface area contributed by atoms with Crippen LogP contribution in [-0.2, 0) is 32.1 Å². The minimum absolute atomic E-state index is 0.0395. The van der Waals surface area contributed by atoms with Crippen LogP contribution in [0.4, 0.5) is 0 Å². The second-order valence-electron chi connectivity index (χ2n) is 11.8. The second-order valence-corrected chi connectivity index (χ2v) is 11.8. The summed E-state index contributed by atoms with van der Waals surface area (Å²) in [6.07, 6.45) is 5.68. The molecule has 0 aliphatic rings. The number of unbranched alkanes of at least 4 members (excludes halogenated alkanes) is 1. The number of hydrogen-bond donors (Lipinski definition) is 3. The summed E-state index contributed by atoms with van der Waals surface area (Å²) >= 11 is 0. The van der Waals surface area contributed by atoms with E-state index in [-0.39, 0.29) is 49.3 Å². The van der Waals surface area contributed by atoms with E-state index in [2.05, 4.69) is 23.8 Å². The summed E-state index contributed by atoms with van der Waals surface area (Å²) in [4.78, 5) is 38.3. The van der Waals surface area contributed by atoms with Gasteiger partial charge in [-0.25, -0.2) is 0 Å². The Morgan fingerprint density at radius 2 is 1.65 bits per heavy atom. The summed E-state index contributed by atoms with van der Waals surface area (Å²) in [5.41, 5.74) is 1.62. The molecule has 0 heterocycles. The molecule has 234 valence electrons. The predicted molar refractivity (Wildman–Crippen MR) is 169 cm³/mol. The Hall–Kier alpha value is -3.91. The number of carbonyl (C=O) groups excluding carboxylic acids is 3. The molecule has 2 amide bonds. The molecule has 0 aromatic heterocycles. The van der Waals surface area contributed by atoms with E-state index in [1.165, 1.54) is 0 Å². The third-order valence-electron chi connectivity index (χ3n) is 7.06. The predicted octanol–water partition coefficient (Wildman–Crippen LogP) is 5.30. The van der Waals surface area contributed by atoms with Gasteiger partial charge in [0.05, 0.1) is 24.6 Å². The van der Waals surface area contributed by atoms with E-state index in [0.29, 0.717) is 25.9 Å². The van der Waals surface area contributed by atoms with E-state index in [1.54, 1.807) is 12.2 Å². The van der Waals surface area contributed by atoms with Crippen LogP contribution in [0.5, 0.6) is 5.75 Å². The van der Waals surface area contributed by atoms with Crippen molar-refractivity contribution >= 4 is 17.8 Å². The van der Waals surface area contributed by atoms with Crippen molar-refractivity contribution < 1.29 is 29.0 Å². The van der Waals surface area contributed by atoms with E-state index in [9.17, 15) is 19.5 Å². The van der Waals surface area contributed by atoms with Gasteiger partial charge in [-0.05, 0) is 54.4 Å². The van der Waals surface area contributed by atoms with Crippen molar-refractivity contribution in [1.82, 2.24) is 10.6 Å². The van der Waals surface area contributed by atoms with Crippen LogP contribution in [0.3, 0.4) is 0 Å². The normalized spacial score (nSPS) is 13.2. The number of carbonyl (C=O) groups is 3. The number of aliphatic hydroxyl groups is 1. The third kappa shape index (κ3) is 13.7. The third-order valence-corrected chi connectivity index (χ3v) is 7.06. The maximum Gasteiger partial charge on any atom is 0.305 e. The molecule has 3 atom stereocenters. The smallest absolute Gasteiger partial charge is 0.305 e. The van der Waals surface area contributed by atoms with Gasteiger partial charge in [0.1, 0.15) is 19.0 Å². The van der Waals surface area contributed by atoms with Gasteiger partial charge in [0.25, 0.3) is 0 Å². The van der Waals surface area contributed by atoms with Gasteiger partial charge < -0.3 is 25.2 Å². The van der Waals surface area contributed by atoms with E-state index < -0.39 is 18.0 Å². The van der Waals surface area contributed by atoms with E-state index in [1.807, 2.05) is 75.4 Å². The number of rotatable bonds is 19. The Morgan fingerprint density at radius 3 is 2.26 bits per heavy atom.